The molecule has 28 heavy (non-hydrogen) atoms. The van der Waals surface area contributed by atoms with Crippen molar-refractivity contribution >= 4 is 11.9 Å². The normalized spacial score (nSPS) is 15.2. The van der Waals surface area contributed by atoms with E-state index in [9.17, 15) is 18.4 Å². The Hall–Kier alpha value is -2.76. The van der Waals surface area contributed by atoms with Crippen molar-refractivity contribution in [1.29, 1.82) is 0 Å². The smallest absolute Gasteiger partial charge is 0.317 e. The van der Waals surface area contributed by atoms with Gasteiger partial charge in [-0.2, -0.15) is 0 Å². The van der Waals surface area contributed by atoms with E-state index in [1.165, 1.54) is 29.2 Å². The van der Waals surface area contributed by atoms with E-state index >= 15 is 0 Å². The first-order valence-corrected chi connectivity index (χ1v) is 9.32. The first kappa shape index (κ1) is 20.0. The van der Waals surface area contributed by atoms with Crippen molar-refractivity contribution in [3.63, 3.8) is 0 Å². The zero-order valence-electron chi connectivity index (χ0n) is 15.8. The van der Waals surface area contributed by atoms with E-state index in [0.29, 0.717) is 18.4 Å². The van der Waals surface area contributed by atoms with Crippen molar-refractivity contribution in [3.8, 4) is 0 Å². The highest BCUT2D eigenvalue weighted by molar-refractivity contribution is 5.86. The quantitative estimate of drug-likeness (QED) is 0.705. The summed E-state index contributed by atoms with van der Waals surface area (Å²) in [7, 11) is 1.59. The summed E-state index contributed by atoms with van der Waals surface area (Å²) in [5.41, 5.74) is 0.482. The lowest BCUT2D eigenvalue weighted by molar-refractivity contribution is -0.156. The molecule has 6 heteroatoms. The molecule has 2 aromatic carbocycles. The van der Waals surface area contributed by atoms with Gasteiger partial charge in [0.25, 0.3) is 5.91 Å². The molecule has 0 aliphatic heterocycles. The van der Waals surface area contributed by atoms with E-state index in [-0.39, 0.29) is 24.9 Å². The molecular weight excluding hydrogens is 364 g/mol. The van der Waals surface area contributed by atoms with Crippen molar-refractivity contribution in [2.45, 2.75) is 37.6 Å². The molecule has 0 heterocycles. The second-order valence-corrected chi connectivity index (χ2v) is 7.25. The monoisotopic (exact) mass is 387 g/mol. The van der Waals surface area contributed by atoms with Gasteiger partial charge in [-0.15, -0.1) is 0 Å². The number of nitrogens with zero attached hydrogens (tertiary/aromatic N) is 1. The molecule has 0 N–H and O–H groups in total. The lowest BCUT2D eigenvalue weighted by Gasteiger charge is -2.27. The van der Waals surface area contributed by atoms with Crippen LogP contribution in [0.2, 0.25) is 0 Å². The number of amides is 1. The number of carbonyl (C=O) groups is 2. The molecule has 1 fully saturated rings. The fraction of sp³-hybridized carbons (Fsp3) is 0.364. The minimum absolute atomic E-state index is 0.283. The van der Waals surface area contributed by atoms with Crippen LogP contribution in [0, 0.1) is 11.6 Å². The summed E-state index contributed by atoms with van der Waals surface area (Å²) in [6, 6.07) is 11.9. The van der Waals surface area contributed by atoms with Gasteiger partial charge in [-0.25, -0.2) is 8.78 Å². The highest BCUT2D eigenvalue weighted by Crippen LogP contribution is 2.42. The van der Waals surface area contributed by atoms with Crippen molar-refractivity contribution < 1.29 is 23.1 Å². The van der Waals surface area contributed by atoms with Gasteiger partial charge in [0.15, 0.2) is 6.61 Å². The lowest BCUT2D eigenvalue weighted by atomic mass is 9.79. The number of rotatable bonds is 6. The van der Waals surface area contributed by atoms with Gasteiger partial charge in [-0.3, -0.25) is 9.59 Å². The minimum atomic E-state index is -0.891. The Morgan fingerprint density at radius 2 is 1.71 bits per heavy atom. The molecule has 0 atom stereocenters. The zero-order chi connectivity index (χ0) is 20.1. The van der Waals surface area contributed by atoms with Crippen LogP contribution in [0.4, 0.5) is 8.78 Å². The second kappa shape index (κ2) is 8.50. The Morgan fingerprint density at radius 1 is 1.04 bits per heavy atom. The summed E-state index contributed by atoms with van der Waals surface area (Å²) in [6.45, 7) is -0.0979. The molecular formula is C22H23F2NO3. The number of carbonyl (C=O) groups excluding carboxylic acids is 2. The average molecular weight is 387 g/mol. The van der Waals surface area contributed by atoms with E-state index in [1.807, 2.05) is 0 Å². The highest BCUT2D eigenvalue weighted by atomic mass is 19.1. The maximum atomic E-state index is 13.7. The Morgan fingerprint density at radius 3 is 2.36 bits per heavy atom. The van der Waals surface area contributed by atoms with Crippen LogP contribution in [0.1, 0.15) is 36.8 Å². The first-order valence-electron chi connectivity index (χ1n) is 9.32. The molecule has 2 aromatic rings. The average Bonchev–Trinajstić information content (AvgIpc) is 3.19. The SMILES string of the molecule is CN(Cc1ccc(F)cc1)C(=O)COC(=O)C1(c2cccc(F)c2)CCCC1. The topological polar surface area (TPSA) is 46.6 Å². The van der Waals surface area contributed by atoms with Crippen molar-refractivity contribution in [2.75, 3.05) is 13.7 Å². The fourth-order valence-electron chi connectivity index (χ4n) is 3.70. The Bertz CT molecular complexity index is 845. The predicted octanol–water partition coefficient (Wildman–Crippen LogP) is 3.98. The van der Waals surface area contributed by atoms with Gasteiger partial charge in [0.05, 0.1) is 5.41 Å². The predicted molar refractivity (Wildman–Crippen MR) is 100 cm³/mol. The summed E-state index contributed by atoms with van der Waals surface area (Å²) in [5.74, 6) is -1.58. The third kappa shape index (κ3) is 4.38. The molecule has 0 radical (unpaired) electrons. The van der Waals surface area contributed by atoms with E-state index in [1.54, 1.807) is 31.3 Å². The fourth-order valence-corrected chi connectivity index (χ4v) is 3.70. The Balaban J connectivity index is 1.62. The Labute approximate surface area is 163 Å². The molecule has 1 saturated carbocycles. The van der Waals surface area contributed by atoms with Gasteiger partial charge in [-0.1, -0.05) is 37.1 Å². The summed E-state index contributed by atoms with van der Waals surface area (Å²) in [4.78, 5) is 26.6. The standard InChI is InChI=1S/C22H23F2NO3/c1-25(14-16-7-9-18(23)10-8-16)20(26)15-28-21(27)22(11-2-3-12-22)17-5-4-6-19(24)13-17/h4-10,13H,2-3,11-12,14-15H2,1H3. The van der Waals surface area contributed by atoms with Crippen LogP contribution < -0.4 is 0 Å². The molecule has 3 rings (SSSR count). The molecule has 0 unspecified atom stereocenters. The molecule has 1 aliphatic rings. The molecule has 1 amide bonds. The van der Waals surface area contributed by atoms with Crippen LogP contribution in [0.15, 0.2) is 48.5 Å². The molecule has 148 valence electrons. The van der Waals surface area contributed by atoms with Gasteiger partial charge in [0.2, 0.25) is 0 Å². The maximum absolute atomic E-state index is 13.7. The summed E-state index contributed by atoms with van der Waals surface area (Å²) < 4.78 is 32.0. The van der Waals surface area contributed by atoms with Crippen molar-refractivity contribution in [3.05, 3.63) is 71.3 Å². The van der Waals surface area contributed by atoms with E-state index in [2.05, 4.69) is 0 Å². The van der Waals surface area contributed by atoms with Crippen LogP contribution in [-0.2, 0) is 26.3 Å². The zero-order valence-corrected chi connectivity index (χ0v) is 15.8. The number of hydrogen-bond donors (Lipinski definition) is 0. The number of esters is 1. The van der Waals surface area contributed by atoms with Gasteiger partial charge in [0.1, 0.15) is 11.6 Å². The summed E-state index contributed by atoms with van der Waals surface area (Å²) in [6.07, 6.45) is 2.86. The highest BCUT2D eigenvalue weighted by Gasteiger charge is 2.44. The second-order valence-electron chi connectivity index (χ2n) is 7.25. The number of halogens is 2. The molecule has 0 aromatic heterocycles. The molecule has 0 bridgehead atoms. The number of benzene rings is 2. The summed E-state index contributed by atoms with van der Waals surface area (Å²) in [5, 5.41) is 0. The van der Waals surface area contributed by atoms with Gasteiger partial charge >= 0.3 is 5.97 Å². The van der Waals surface area contributed by atoms with Crippen LogP contribution in [0.3, 0.4) is 0 Å². The number of ether oxygens (including phenoxy) is 1. The van der Waals surface area contributed by atoms with Gasteiger partial charge in [-0.05, 0) is 48.2 Å². The first-order chi connectivity index (χ1) is 13.4. The van der Waals surface area contributed by atoms with Crippen LogP contribution in [0.5, 0.6) is 0 Å². The maximum Gasteiger partial charge on any atom is 0.317 e. The minimum Gasteiger partial charge on any atom is -0.455 e. The third-order valence-electron chi connectivity index (χ3n) is 5.31. The number of hydrogen-bond acceptors (Lipinski definition) is 3. The van der Waals surface area contributed by atoms with Gasteiger partial charge < -0.3 is 9.64 Å². The van der Waals surface area contributed by atoms with E-state index < -0.39 is 17.2 Å². The van der Waals surface area contributed by atoms with E-state index in [4.69, 9.17) is 4.74 Å². The molecule has 0 spiro atoms. The van der Waals surface area contributed by atoms with Crippen molar-refractivity contribution in [2.24, 2.45) is 0 Å². The van der Waals surface area contributed by atoms with Crippen LogP contribution >= 0.6 is 0 Å². The van der Waals surface area contributed by atoms with Crippen LogP contribution in [-0.4, -0.2) is 30.4 Å². The lowest BCUT2D eigenvalue weighted by Crippen LogP contribution is -2.38. The summed E-state index contributed by atoms with van der Waals surface area (Å²) >= 11 is 0. The molecule has 1 aliphatic carbocycles. The third-order valence-corrected chi connectivity index (χ3v) is 5.31. The van der Waals surface area contributed by atoms with Crippen molar-refractivity contribution in [1.82, 2.24) is 4.90 Å². The Kier molecular flexibility index (Phi) is 6.07. The largest absolute Gasteiger partial charge is 0.455 e. The van der Waals surface area contributed by atoms with Crippen LogP contribution in [0.25, 0.3) is 0 Å². The van der Waals surface area contributed by atoms with Gasteiger partial charge in [0, 0.05) is 13.6 Å². The molecule has 0 saturated heterocycles. The van der Waals surface area contributed by atoms with E-state index in [0.717, 1.165) is 18.4 Å². The molecule has 4 nitrogen and oxygen atoms in total. The number of likely N-dealkylation sites (N-methyl/N-ethyl adjacent to an activating group) is 1.